The van der Waals surface area contributed by atoms with E-state index in [4.69, 9.17) is 26.4 Å². The molecule has 192 valence electrons. The van der Waals surface area contributed by atoms with E-state index in [1.807, 2.05) is 6.07 Å². The van der Waals surface area contributed by atoms with Gasteiger partial charge in [-0.15, -0.1) is 0 Å². The molecule has 2 unspecified atom stereocenters. The van der Waals surface area contributed by atoms with E-state index in [0.717, 1.165) is 0 Å². The summed E-state index contributed by atoms with van der Waals surface area (Å²) in [5, 5.41) is 22.3. The second-order valence-electron chi connectivity index (χ2n) is 8.68. The monoisotopic (exact) mass is 517 g/mol. The molecule has 2 aliphatic heterocycles. The Labute approximate surface area is 213 Å². The summed E-state index contributed by atoms with van der Waals surface area (Å²) in [6.45, 7) is 3.31. The Kier molecular flexibility index (Phi) is 8.65. The van der Waals surface area contributed by atoms with Gasteiger partial charge in [-0.3, -0.25) is 19.8 Å². The molecule has 36 heavy (non-hydrogen) atoms. The number of benzene rings is 1. The van der Waals surface area contributed by atoms with Crippen LogP contribution in [0.25, 0.3) is 0 Å². The van der Waals surface area contributed by atoms with E-state index < -0.39 is 23.9 Å². The molecule has 2 atom stereocenters. The summed E-state index contributed by atoms with van der Waals surface area (Å²) in [6.07, 6.45) is 0.877. The van der Waals surface area contributed by atoms with Crippen LogP contribution in [0.1, 0.15) is 17.3 Å². The van der Waals surface area contributed by atoms with Gasteiger partial charge in [0.25, 0.3) is 0 Å². The third-order valence-electron chi connectivity index (χ3n) is 6.22. The molecule has 2 aromatic rings. The SMILES string of the molecule is COC(=O)C1=C(CN2CCN(CC(O)CO)CC2)NC(c2ccccn2)=NC1c1ccc(F)cc1Cl. The van der Waals surface area contributed by atoms with Crippen molar-refractivity contribution in [1.82, 2.24) is 20.1 Å². The molecule has 1 fully saturated rings. The van der Waals surface area contributed by atoms with Crippen LogP contribution in [0.5, 0.6) is 0 Å². The number of nitrogens with one attached hydrogen (secondary N) is 1. The zero-order valence-corrected chi connectivity index (χ0v) is 20.7. The van der Waals surface area contributed by atoms with Crippen LogP contribution in [0.15, 0.2) is 58.9 Å². The predicted octanol–water partition coefficient (Wildman–Crippen LogP) is 1.36. The fourth-order valence-electron chi connectivity index (χ4n) is 4.36. The molecule has 2 aliphatic rings. The average Bonchev–Trinajstić information content (AvgIpc) is 2.89. The Morgan fingerprint density at radius 1 is 1.25 bits per heavy atom. The summed E-state index contributed by atoms with van der Waals surface area (Å²) in [5.74, 6) is -0.579. The number of hydrogen-bond donors (Lipinski definition) is 3. The molecule has 0 radical (unpaired) electrons. The number of carbonyl (C=O) groups excluding carboxylic acids is 1. The fourth-order valence-corrected chi connectivity index (χ4v) is 4.63. The molecule has 4 rings (SSSR count). The molecular weight excluding hydrogens is 489 g/mol. The molecule has 3 heterocycles. The smallest absolute Gasteiger partial charge is 0.338 e. The number of aliphatic imine (C=N–C) groups is 1. The number of hydrogen-bond acceptors (Lipinski definition) is 9. The van der Waals surface area contributed by atoms with Gasteiger partial charge >= 0.3 is 5.97 Å². The van der Waals surface area contributed by atoms with Gasteiger partial charge in [0.05, 0.1) is 25.4 Å². The predicted molar refractivity (Wildman–Crippen MR) is 133 cm³/mol. The molecule has 3 N–H and O–H groups in total. The molecule has 1 aromatic heterocycles. The van der Waals surface area contributed by atoms with Crippen molar-refractivity contribution in [2.75, 3.05) is 53.0 Å². The second kappa shape index (κ2) is 11.9. The van der Waals surface area contributed by atoms with Crippen molar-refractivity contribution in [2.45, 2.75) is 12.1 Å². The highest BCUT2D eigenvalue weighted by atomic mass is 35.5. The Bertz CT molecular complexity index is 1140. The first-order chi connectivity index (χ1) is 17.4. The molecule has 0 spiro atoms. The largest absolute Gasteiger partial charge is 0.466 e. The fraction of sp³-hybridized carbons (Fsp3) is 0.400. The number of aliphatic hydroxyl groups is 2. The van der Waals surface area contributed by atoms with Gasteiger partial charge in [-0.05, 0) is 24.3 Å². The number of β-amino-alcohol motifs (C(OH)–C–C–N with tert-alkyl or cyclic N) is 1. The lowest BCUT2D eigenvalue weighted by Gasteiger charge is -2.37. The van der Waals surface area contributed by atoms with Crippen LogP contribution in [0.4, 0.5) is 4.39 Å². The molecule has 0 amide bonds. The normalized spacial score (nSPS) is 20.0. The van der Waals surface area contributed by atoms with E-state index in [1.165, 1.54) is 25.3 Å². The average molecular weight is 518 g/mol. The van der Waals surface area contributed by atoms with Gasteiger partial charge in [0, 0.05) is 61.7 Å². The second-order valence-corrected chi connectivity index (χ2v) is 9.09. The summed E-state index contributed by atoms with van der Waals surface area (Å²) >= 11 is 6.40. The van der Waals surface area contributed by atoms with Crippen LogP contribution >= 0.6 is 11.6 Å². The number of piperazine rings is 1. The van der Waals surface area contributed by atoms with Crippen molar-refractivity contribution in [1.29, 1.82) is 0 Å². The number of amidine groups is 1. The molecule has 0 bridgehead atoms. The van der Waals surface area contributed by atoms with Crippen molar-refractivity contribution in [3.63, 3.8) is 0 Å². The molecule has 1 aromatic carbocycles. The highest BCUT2D eigenvalue weighted by Gasteiger charge is 2.34. The lowest BCUT2D eigenvalue weighted by atomic mass is 9.94. The first-order valence-corrected chi connectivity index (χ1v) is 12.0. The highest BCUT2D eigenvalue weighted by molar-refractivity contribution is 6.31. The molecule has 0 saturated carbocycles. The number of aromatic nitrogens is 1. The van der Waals surface area contributed by atoms with Crippen molar-refractivity contribution < 1.29 is 24.1 Å². The number of pyridine rings is 1. The quantitative estimate of drug-likeness (QED) is 0.450. The van der Waals surface area contributed by atoms with Gasteiger partial charge in [-0.2, -0.15) is 0 Å². The van der Waals surface area contributed by atoms with Crippen LogP contribution in [-0.4, -0.2) is 95.9 Å². The van der Waals surface area contributed by atoms with E-state index >= 15 is 0 Å². The van der Waals surface area contributed by atoms with Crippen LogP contribution < -0.4 is 5.32 Å². The standard InChI is InChI=1S/C25H29ClFN5O4/c1-36-25(35)22-21(14-32-10-8-31(9-11-32)13-17(34)15-33)29-24(20-4-2-3-7-28-20)30-23(22)18-6-5-16(27)12-19(18)26/h2-7,12,17,23,33-34H,8-11,13-15H2,1H3,(H,29,30). The number of aliphatic hydroxyl groups excluding tert-OH is 2. The van der Waals surface area contributed by atoms with Crippen molar-refractivity contribution in [3.05, 3.63) is 76.0 Å². The molecular formula is C25H29ClFN5O4. The Morgan fingerprint density at radius 2 is 2.00 bits per heavy atom. The number of nitrogens with zero attached hydrogens (tertiary/aromatic N) is 4. The van der Waals surface area contributed by atoms with Crippen LogP contribution in [0.3, 0.4) is 0 Å². The van der Waals surface area contributed by atoms with Gasteiger partial charge in [-0.25, -0.2) is 9.18 Å². The number of esters is 1. The first kappa shape index (κ1) is 26.2. The van der Waals surface area contributed by atoms with Gasteiger partial charge < -0.3 is 20.3 Å². The van der Waals surface area contributed by atoms with Crippen molar-refractivity contribution in [3.8, 4) is 0 Å². The number of ether oxygens (including phenoxy) is 1. The third-order valence-corrected chi connectivity index (χ3v) is 6.55. The molecule has 11 heteroatoms. The maximum Gasteiger partial charge on any atom is 0.338 e. The lowest BCUT2D eigenvalue weighted by molar-refractivity contribution is -0.136. The minimum Gasteiger partial charge on any atom is -0.466 e. The summed E-state index contributed by atoms with van der Waals surface area (Å²) in [5.41, 5.74) is 1.97. The number of rotatable bonds is 8. The molecule has 0 aliphatic carbocycles. The van der Waals surface area contributed by atoms with Gasteiger partial charge in [0.15, 0.2) is 5.84 Å². The minimum absolute atomic E-state index is 0.155. The van der Waals surface area contributed by atoms with Gasteiger partial charge in [-0.1, -0.05) is 23.7 Å². The van der Waals surface area contributed by atoms with Gasteiger partial charge in [0.1, 0.15) is 17.6 Å². The molecule has 9 nitrogen and oxygen atoms in total. The summed E-state index contributed by atoms with van der Waals surface area (Å²) < 4.78 is 18.9. The van der Waals surface area contributed by atoms with Gasteiger partial charge in [0.2, 0.25) is 0 Å². The van der Waals surface area contributed by atoms with Crippen LogP contribution in [-0.2, 0) is 9.53 Å². The minimum atomic E-state index is -0.820. The number of carbonyl (C=O) groups is 1. The van der Waals surface area contributed by atoms with E-state index in [0.29, 0.717) is 67.6 Å². The topological polar surface area (TPSA) is 111 Å². The van der Waals surface area contributed by atoms with E-state index in [2.05, 4.69) is 20.1 Å². The van der Waals surface area contributed by atoms with Crippen molar-refractivity contribution >= 4 is 23.4 Å². The van der Waals surface area contributed by atoms with E-state index in [1.54, 1.807) is 18.3 Å². The Balaban J connectivity index is 1.67. The van der Waals surface area contributed by atoms with Crippen LogP contribution in [0.2, 0.25) is 5.02 Å². The van der Waals surface area contributed by atoms with Crippen molar-refractivity contribution in [2.24, 2.45) is 4.99 Å². The van der Waals surface area contributed by atoms with Crippen LogP contribution in [0, 0.1) is 5.82 Å². The summed E-state index contributed by atoms with van der Waals surface area (Å²) in [7, 11) is 1.31. The van der Waals surface area contributed by atoms with E-state index in [9.17, 15) is 14.3 Å². The maximum absolute atomic E-state index is 13.8. The van der Waals surface area contributed by atoms with E-state index in [-0.39, 0.29) is 11.6 Å². The maximum atomic E-state index is 13.8. The lowest BCUT2D eigenvalue weighted by Crippen LogP contribution is -2.50. The molecule has 1 saturated heterocycles. The summed E-state index contributed by atoms with van der Waals surface area (Å²) in [6, 6.07) is 8.63. The Hall–Kier alpha value is -2.89. The third kappa shape index (κ3) is 6.08. The zero-order chi connectivity index (χ0) is 25.7. The number of halogens is 2. The Morgan fingerprint density at radius 3 is 2.64 bits per heavy atom. The number of methoxy groups -OCH3 is 1. The zero-order valence-electron chi connectivity index (χ0n) is 19.9. The summed E-state index contributed by atoms with van der Waals surface area (Å²) in [4.78, 5) is 26.4. The highest BCUT2D eigenvalue weighted by Crippen LogP contribution is 2.36. The first-order valence-electron chi connectivity index (χ1n) is 11.7.